The van der Waals surface area contributed by atoms with Crippen LogP contribution in [0.1, 0.15) is 40.0 Å². The molecular formula is C25H25BrF2N2O3. The van der Waals surface area contributed by atoms with Gasteiger partial charge in [0.15, 0.2) is 0 Å². The fourth-order valence-electron chi connectivity index (χ4n) is 4.00. The predicted molar refractivity (Wildman–Crippen MR) is 126 cm³/mol. The molecular weight excluding hydrogens is 494 g/mol. The van der Waals surface area contributed by atoms with Gasteiger partial charge in [0.25, 0.3) is 0 Å². The minimum atomic E-state index is -0.673. The van der Waals surface area contributed by atoms with Crippen LogP contribution in [0.4, 0.5) is 13.6 Å². The summed E-state index contributed by atoms with van der Waals surface area (Å²) in [6.07, 6.45) is 2.98. The highest BCUT2D eigenvalue weighted by Crippen LogP contribution is 2.39. The number of nitrogens with zero attached hydrogens (tertiary/aromatic N) is 1. The minimum Gasteiger partial charge on any atom is -0.489 e. The second-order valence-corrected chi connectivity index (χ2v) is 10.1. The average Bonchev–Trinajstić information content (AvgIpc) is 3.12. The largest absolute Gasteiger partial charge is 0.489 e. The van der Waals surface area contributed by atoms with Crippen molar-refractivity contribution in [3.8, 4) is 16.9 Å². The Labute approximate surface area is 199 Å². The summed E-state index contributed by atoms with van der Waals surface area (Å²) < 4.78 is 40.5. The molecule has 0 aliphatic heterocycles. The monoisotopic (exact) mass is 518 g/mol. The number of benzene rings is 2. The van der Waals surface area contributed by atoms with Gasteiger partial charge in [0.05, 0.1) is 5.52 Å². The zero-order valence-electron chi connectivity index (χ0n) is 18.6. The van der Waals surface area contributed by atoms with Gasteiger partial charge >= 0.3 is 6.09 Å². The quantitative estimate of drug-likeness (QED) is 0.414. The van der Waals surface area contributed by atoms with E-state index in [2.05, 4.69) is 26.2 Å². The third-order valence-corrected chi connectivity index (χ3v) is 5.84. The summed E-state index contributed by atoms with van der Waals surface area (Å²) in [6, 6.07) is 8.87. The summed E-state index contributed by atoms with van der Waals surface area (Å²) in [7, 11) is 0. The van der Waals surface area contributed by atoms with Gasteiger partial charge in [0, 0.05) is 40.1 Å². The van der Waals surface area contributed by atoms with E-state index in [9.17, 15) is 13.6 Å². The topological polar surface area (TPSA) is 60.5 Å². The number of rotatable bonds is 4. The molecule has 1 saturated carbocycles. The van der Waals surface area contributed by atoms with Crippen molar-refractivity contribution in [3.63, 3.8) is 0 Å². The average molecular weight is 519 g/mol. The lowest BCUT2D eigenvalue weighted by Gasteiger charge is -2.22. The van der Waals surface area contributed by atoms with Crippen molar-refractivity contribution in [1.82, 2.24) is 10.3 Å². The first-order valence-corrected chi connectivity index (χ1v) is 11.6. The highest BCUT2D eigenvalue weighted by molar-refractivity contribution is 9.10. The van der Waals surface area contributed by atoms with E-state index in [-0.39, 0.29) is 12.1 Å². The Morgan fingerprint density at radius 3 is 2.55 bits per heavy atom. The fraction of sp³-hybridized carbons (Fsp3) is 0.360. The zero-order chi connectivity index (χ0) is 23.8. The molecule has 2 aromatic carbocycles. The molecule has 1 aliphatic rings. The predicted octanol–water partition coefficient (Wildman–Crippen LogP) is 6.77. The number of carbonyl (C=O) groups excluding carboxylic acids is 1. The van der Waals surface area contributed by atoms with Crippen molar-refractivity contribution >= 4 is 32.9 Å². The molecule has 1 heterocycles. The maximum atomic E-state index is 14.0. The second kappa shape index (κ2) is 9.25. The van der Waals surface area contributed by atoms with E-state index in [1.54, 1.807) is 6.20 Å². The first-order valence-electron chi connectivity index (χ1n) is 10.8. The normalized spacial score (nSPS) is 18.4. The second-order valence-electron chi connectivity index (χ2n) is 9.22. The van der Waals surface area contributed by atoms with Crippen molar-refractivity contribution in [2.24, 2.45) is 0 Å². The van der Waals surface area contributed by atoms with Gasteiger partial charge < -0.3 is 14.8 Å². The van der Waals surface area contributed by atoms with Crippen LogP contribution in [0.2, 0.25) is 0 Å². The van der Waals surface area contributed by atoms with E-state index in [1.165, 1.54) is 12.1 Å². The summed E-state index contributed by atoms with van der Waals surface area (Å²) in [4.78, 5) is 16.6. The van der Waals surface area contributed by atoms with Crippen molar-refractivity contribution < 1.29 is 23.0 Å². The molecule has 2 atom stereocenters. The number of hydrogen-bond acceptors (Lipinski definition) is 4. The molecule has 0 bridgehead atoms. The molecule has 0 radical (unpaired) electrons. The van der Waals surface area contributed by atoms with Crippen LogP contribution >= 0.6 is 15.9 Å². The van der Waals surface area contributed by atoms with Crippen LogP contribution in [-0.4, -0.2) is 28.8 Å². The first-order chi connectivity index (χ1) is 15.6. The number of fused-ring (bicyclic) bond motifs is 1. The molecule has 33 heavy (non-hydrogen) atoms. The third-order valence-electron chi connectivity index (χ3n) is 5.34. The molecule has 5 nitrogen and oxygen atoms in total. The van der Waals surface area contributed by atoms with Crippen LogP contribution in [0.5, 0.6) is 5.75 Å². The standard InChI is InChI=1S/C25H25BrF2N2O3/c1-25(2,3)33-24(31)30-18-5-6-19(12-18)32-23-20-10-15(26)4-7-22(20)29-13-21(23)14-8-16(27)11-17(28)9-14/h4,7-11,13,18-19H,5-6,12H2,1-3H3,(H,30,31)/t18-,19+/m1/s1. The maximum absolute atomic E-state index is 14.0. The molecule has 1 aromatic heterocycles. The van der Waals surface area contributed by atoms with Crippen LogP contribution in [0.3, 0.4) is 0 Å². The SMILES string of the molecule is CC(C)(C)OC(=O)N[C@@H]1CC[C@H](Oc2c(-c3cc(F)cc(F)c3)cnc3ccc(Br)cc23)C1. The minimum absolute atomic E-state index is 0.0836. The molecule has 0 spiro atoms. The van der Waals surface area contributed by atoms with Gasteiger partial charge in [-0.1, -0.05) is 15.9 Å². The number of amides is 1. The third kappa shape index (κ3) is 5.79. The number of carbonyl (C=O) groups is 1. The lowest BCUT2D eigenvalue weighted by molar-refractivity contribution is 0.0503. The van der Waals surface area contributed by atoms with Gasteiger partial charge in [-0.3, -0.25) is 4.98 Å². The zero-order valence-corrected chi connectivity index (χ0v) is 20.2. The van der Waals surface area contributed by atoms with Gasteiger partial charge in [-0.25, -0.2) is 13.6 Å². The Bertz CT molecular complexity index is 1180. The molecule has 1 fully saturated rings. The number of pyridine rings is 1. The fourth-order valence-corrected chi connectivity index (χ4v) is 4.36. The number of nitrogens with one attached hydrogen (secondary N) is 1. The summed E-state index contributed by atoms with van der Waals surface area (Å²) in [5, 5.41) is 3.63. The molecule has 3 aromatic rings. The van der Waals surface area contributed by atoms with E-state index >= 15 is 0 Å². The number of halogens is 3. The Balaban J connectivity index is 1.63. The van der Waals surface area contributed by atoms with Crippen molar-refractivity contribution in [2.45, 2.75) is 57.8 Å². The Kier molecular flexibility index (Phi) is 6.56. The lowest BCUT2D eigenvalue weighted by Crippen LogP contribution is -2.38. The first kappa shape index (κ1) is 23.4. The lowest BCUT2D eigenvalue weighted by atomic mass is 10.0. The summed E-state index contributed by atoms with van der Waals surface area (Å²) in [6.45, 7) is 5.45. The van der Waals surface area contributed by atoms with Crippen LogP contribution in [-0.2, 0) is 4.74 Å². The van der Waals surface area contributed by atoms with E-state index in [0.717, 1.165) is 28.8 Å². The van der Waals surface area contributed by atoms with E-state index in [1.807, 2.05) is 39.0 Å². The number of aromatic nitrogens is 1. The van der Waals surface area contributed by atoms with E-state index in [0.29, 0.717) is 28.8 Å². The van der Waals surface area contributed by atoms with Gasteiger partial charge in [0.2, 0.25) is 0 Å². The Morgan fingerprint density at radius 2 is 1.85 bits per heavy atom. The molecule has 0 unspecified atom stereocenters. The molecule has 4 rings (SSSR count). The molecule has 1 N–H and O–H groups in total. The molecule has 0 saturated heterocycles. The van der Waals surface area contributed by atoms with Crippen molar-refractivity contribution in [3.05, 3.63) is 58.7 Å². The molecule has 1 amide bonds. The molecule has 174 valence electrons. The van der Waals surface area contributed by atoms with E-state index in [4.69, 9.17) is 9.47 Å². The summed E-state index contributed by atoms with van der Waals surface area (Å²) in [5.74, 6) is -0.838. The highest BCUT2D eigenvalue weighted by atomic mass is 79.9. The van der Waals surface area contributed by atoms with Crippen LogP contribution < -0.4 is 10.1 Å². The van der Waals surface area contributed by atoms with Crippen LogP contribution in [0.25, 0.3) is 22.0 Å². The van der Waals surface area contributed by atoms with Crippen LogP contribution in [0.15, 0.2) is 47.1 Å². The summed E-state index contributed by atoms with van der Waals surface area (Å²) in [5.41, 5.74) is 0.980. The molecule has 8 heteroatoms. The van der Waals surface area contributed by atoms with Crippen LogP contribution in [0, 0.1) is 11.6 Å². The van der Waals surface area contributed by atoms with E-state index < -0.39 is 23.3 Å². The Hall–Kier alpha value is -2.74. The molecule has 1 aliphatic carbocycles. The smallest absolute Gasteiger partial charge is 0.407 e. The van der Waals surface area contributed by atoms with Gasteiger partial charge in [-0.05, 0) is 69.5 Å². The Morgan fingerprint density at radius 1 is 1.12 bits per heavy atom. The highest BCUT2D eigenvalue weighted by Gasteiger charge is 2.30. The van der Waals surface area contributed by atoms with Gasteiger partial charge in [-0.2, -0.15) is 0 Å². The number of alkyl carbamates (subject to hydrolysis) is 1. The van der Waals surface area contributed by atoms with Crippen molar-refractivity contribution in [1.29, 1.82) is 0 Å². The number of hydrogen-bond donors (Lipinski definition) is 1. The number of ether oxygens (including phenoxy) is 2. The van der Waals surface area contributed by atoms with Gasteiger partial charge in [-0.15, -0.1) is 0 Å². The maximum Gasteiger partial charge on any atom is 0.407 e. The summed E-state index contributed by atoms with van der Waals surface area (Å²) >= 11 is 3.48. The van der Waals surface area contributed by atoms with Crippen molar-refractivity contribution in [2.75, 3.05) is 0 Å². The van der Waals surface area contributed by atoms with Gasteiger partial charge in [0.1, 0.15) is 29.1 Å².